The summed E-state index contributed by atoms with van der Waals surface area (Å²) in [5.41, 5.74) is 1.64. The lowest BCUT2D eigenvalue weighted by molar-refractivity contribution is 0.0923. The Bertz CT molecular complexity index is 1470. The van der Waals surface area contributed by atoms with Gasteiger partial charge in [0.2, 0.25) is 5.95 Å². The van der Waals surface area contributed by atoms with Crippen LogP contribution in [-0.4, -0.2) is 61.3 Å². The predicted octanol–water partition coefficient (Wildman–Crippen LogP) is 3.76. The molecule has 0 saturated carbocycles. The number of amides is 1. The van der Waals surface area contributed by atoms with Crippen LogP contribution in [-0.2, 0) is 6.42 Å². The average Bonchev–Trinajstić information content (AvgIpc) is 3.30. The van der Waals surface area contributed by atoms with Crippen molar-refractivity contribution in [2.24, 2.45) is 0 Å². The number of rotatable bonds is 8. The topological polar surface area (TPSA) is 121 Å². The number of hydrogen-bond donors (Lipinski definition) is 3. The van der Waals surface area contributed by atoms with Gasteiger partial charge in [0.1, 0.15) is 23.6 Å². The first-order valence-corrected chi connectivity index (χ1v) is 12.9. The van der Waals surface area contributed by atoms with Crippen LogP contribution in [0.3, 0.4) is 0 Å². The molecule has 3 N–H and O–H groups in total. The predicted molar refractivity (Wildman–Crippen MR) is 143 cm³/mol. The molecule has 0 radical (unpaired) electrons. The lowest BCUT2D eigenvalue weighted by Gasteiger charge is -2.32. The van der Waals surface area contributed by atoms with Crippen molar-refractivity contribution >= 4 is 34.4 Å². The Morgan fingerprint density at radius 2 is 1.87 bits per heavy atom. The molecule has 0 unspecified atom stereocenters. The fourth-order valence-corrected chi connectivity index (χ4v) is 4.68. The number of carbonyl (C=O) groups is 1. The minimum atomic E-state index is -0.721. The van der Waals surface area contributed by atoms with Crippen molar-refractivity contribution in [1.82, 2.24) is 29.8 Å². The normalized spacial score (nSPS) is 14.9. The number of aliphatic hydroxyl groups is 1. The van der Waals surface area contributed by atoms with E-state index < -0.39 is 23.6 Å². The Kier molecular flexibility index (Phi) is 7.64. The third-order valence-electron chi connectivity index (χ3n) is 6.85. The van der Waals surface area contributed by atoms with Gasteiger partial charge in [-0.2, -0.15) is 0 Å². The highest BCUT2D eigenvalue weighted by atomic mass is 19.1. The number of carbonyl (C=O) groups excluding carboxylic acids is 1. The van der Waals surface area contributed by atoms with Gasteiger partial charge in [0.25, 0.3) is 5.91 Å². The highest BCUT2D eigenvalue weighted by Gasteiger charge is 2.26. The van der Waals surface area contributed by atoms with Crippen LogP contribution in [0.2, 0.25) is 0 Å². The number of hydrogen-bond acceptors (Lipinski definition) is 8. The molecule has 10 nitrogen and oxygen atoms in total. The van der Waals surface area contributed by atoms with Gasteiger partial charge in [-0.25, -0.2) is 28.7 Å². The molecule has 1 saturated heterocycles. The molecule has 1 fully saturated rings. The number of anilines is 3. The van der Waals surface area contributed by atoms with Crippen LogP contribution in [0.25, 0.3) is 11.0 Å². The second-order valence-corrected chi connectivity index (χ2v) is 9.65. The van der Waals surface area contributed by atoms with Crippen LogP contribution in [0.1, 0.15) is 48.7 Å². The molecule has 4 heterocycles. The van der Waals surface area contributed by atoms with E-state index in [0.717, 1.165) is 44.0 Å². The molecular weight excluding hydrogens is 506 g/mol. The maximum Gasteiger partial charge on any atom is 0.251 e. The Hall–Kier alpha value is -4.19. The van der Waals surface area contributed by atoms with Gasteiger partial charge in [-0.3, -0.25) is 4.79 Å². The minimum absolute atomic E-state index is 0.0158. The molecule has 1 amide bonds. The Morgan fingerprint density at radius 3 is 2.54 bits per heavy atom. The van der Waals surface area contributed by atoms with Gasteiger partial charge in [0.05, 0.1) is 17.2 Å². The zero-order valence-corrected chi connectivity index (χ0v) is 21.7. The molecule has 1 atom stereocenters. The molecule has 3 aromatic heterocycles. The number of piperidine rings is 1. The molecule has 0 bridgehead atoms. The van der Waals surface area contributed by atoms with Crippen LogP contribution in [0, 0.1) is 11.6 Å². The molecule has 0 spiro atoms. The van der Waals surface area contributed by atoms with E-state index in [0.29, 0.717) is 11.6 Å². The van der Waals surface area contributed by atoms with Crippen LogP contribution < -0.4 is 15.5 Å². The summed E-state index contributed by atoms with van der Waals surface area (Å²) in [5, 5.41) is 14.9. The maximum atomic E-state index is 15.2. The molecule has 4 aromatic rings. The highest BCUT2D eigenvalue weighted by molar-refractivity contribution is 5.95. The zero-order valence-electron chi connectivity index (χ0n) is 21.7. The van der Waals surface area contributed by atoms with Crippen molar-refractivity contribution in [3.8, 4) is 0 Å². The lowest BCUT2D eigenvalue weighted by atomic mass is 10.1. The third-order valence-corrected chi connectivity index (χ3v) is 6.85. The number of aliphatic hydroxyl groups excluding tert-OH is 1. The Labute approximate surface area is 224 Å². The number of fused-ring (bicyclic) bond motifs is 1. The zero-order chi connectivity index (χ0) is 27.5. The van der Waals surface area contributed by atoms with E-state index in [1.165, 1.54) is 31.6 Å². The smallest absolute Gasteiger partial charge is 0.251 e. The number of halogens is 2. The quantitative estimate of drug-likeness (QED) is 0.311. The van der Waals surface area contributed by atoms with Gasteiger partial charge < -0.3 is 25.2 Å². The van der Waals surface area contributed by atoms with E-state index in [1.807, 2.05) is 17.0 Å². The first kappa shape index (κ1) is 26.4. The number of aryl methyl sites for hydroxylation is 1. The van der Waals surface area contributed by atoms with E-state index in [2.05, 4.69) is 42.4 Å². The lowest BCUT2D eigenvalue weighted by Crippen LogP contribution is -2.35. The van der Waals surface area contributed by atoms with Crippen molar-refractivity contribution in [1.29, 1.82) is 0 Å². The molecule has 1 aromatic carbocycles. The summed E-state index contributed by atoms with van der Waals surface area (Å²) in [6.45, 7) is 5.08. The molecule has 5 rings (SSSR count). The van der Waals surface area contributed by atoms with Crippen LogP contribution in [0.4, 0.5) is 26.2 Å². The number of benzene rings is 1. The molecule has 204 valence electrons. The summed E-state index contributed by atoms with van der Waals surface area (Å²) in [7, 11) is 0. The summed E-state index contributed by atoms with van der Waals surface area (Å²) >= 11 is 0. The van der Waals surface area contributed by atoms with E-state index in [9.17, 15) is 14.3 Å². The van der Waals surface area contributed by atoms with Crippen molar-refractivity contribution in [2.45, 2.75) is 45.3 Å². The second kappa shape index (κ2) is 11.3. The summed E-state index contributed by atoms with van der Waals surface area (Å²) in [6.07, 6.45) is 8.09. The molecule has 0 aliphatic carbocycles. The van der Waals surface area contributed by atoms with E-state index in [1.54, 1.807) is 0 Å². The van der Waals surface area contributed by atoms with Gasteiger partial charge in [-0.1, -0.05) is 6.92 Å². The SMILES string of the molecule is CCc1cnc(N2CCC(n3cc(F)c4c(Nc5ccc(C(=O)NC[C@@H](C)O)cc5F)ncnc43)CC2)nc1. The molecule has 1 aliphatic rings. The van der Waals surface area contributed by atoms with Crippen molar-refractivity contribution in [2.75, 3.05) is 29.9 Å². The summed E-state index contributed by atoms with van der Waals surface area (Å²) in [6, 6.07) is 3.92. The van der Waals surface area contributed by atoms with Gasteiger partial charge in [0, 0.05) is 49.8 Å². The maximum absolute atomic E-state index is 15.2. The number of aromatic nitrogens is 5. The van der Waals surface area contributed by atoms with E-state index in [4.69, 9.17) is 0 Å². The van der Waals surface area contributed by atoms with Crippen molar-refractivity contribution in [3.63, 3.8) is 0 Å². The summed E-state index contributed by atoms with van der Waals surface area (Å²) < 4.78 is 31.9. The standard InChI is InChI=1S/C27H30F2N8O2/c1-3-17-12-31-27(32-13-17)36-8-6-19(7-9-36)37-14-21(29)23-24(33-15-34-25(23)37)35-22-5-4-18(10-20(22)28)26(39)30-11-16(2)38/h4-5,10,12-16,19,38H,3,6-9,11H2,1-2H3,(H,30,39)(H,33,34,35)/t16-/m1/s1. The van der Waals surface area contributed by atoms with Crippen LogP contribution in [0.15, 0.2) is 43.1 Å². The fourth-order valence-electron chi connectivity index (χ4n) is 4.68. The van der Waals surface area contributed by atoms with Crippen molar-refractivity contribution in [3.05, 3.63) is 65.9 Å². The highest BCUT2D eigenvalue weighted by Crippen LogP contribution is 2.33. The van der Waals surface area contributed by atoms with Crippen molar-refractivity contribution < 1.29 is 18.7 Å². The molecule has 12 heteroatoms. The first-order chi connectivity index (χ1) is 18.8. The minimum Gasteiger partial charge on any atom is -0.392 e. The molecule has 1 aliphatic heterocycles. The first-order valence-electron chi connectivity index (χ1n) is 12.9. The Balaban J connectivity index is 1.32. The second-order valence-electron chi connectivity index (χ2n) is 9.65. The number of nitrogens with zero attached hydrogens (tertiary/aromatic N) is 6. The fraction of sp³-hybridized carbons (Fsp3) is 0.370. The van der Waals surface area contributed by atoms with Crippen LogP contribution in [0.5, 0.6) is 0 Å². The van der Waals surface area contributed by atoms with Gasteiger partial charge >= 0.3 is 0 Å². The average molecular weight is 537 g/mol. The molecular formula is C27H30F2N8O2. The number of nitrogens with one attached hydrogen (secondary N) is 2. The van der Waals surface area contributed by atoms with Crippen LogP contribution >= 0.6 is 0 Å². The largest absolute Gasteiger partial charge is 0.392 e. The third kappa shape index (κ3) is 5.65. The van der Waals surface area contributed by atoms with E-state index in [-0.39, 0.29) is 35.0 Å². The Morgan fingerprint density at radius 1 is 1.13 bits per heavy atom. The van der Waals surface area contributed by atoms with Gasteiger partial charge in [0.15, 0.2) is 5.82 Å². The van der Waals surface area contributed by atoms with Gasteiger partial charge in [-0.15, -0.1) is 0 Å². The molecule has 39 heavy (non-hydrogen) atoms. The summed E-state index contributed by atoms with van der Waals surface area (Å²) in [5.74, 6) is -0.902. The summed E-state index contributed by atoms with van der Waals surface area (Å²) in [4.78, 5) is 31.7. The van der Waals surface area contributed by atoms with E-state index >= 15 is 4.39 Å². The monoisotopic (exact) mass is 536 g/mol. The van der Waals surface area contributed by atoms with Gasteiger partial charge in [-0.05, 0) is 49.9 Å².